The lowest BCUT2D eigenvalue weighted by Crippen LogP contribution is -2.29. The van der Waals surface area contributed by atoms with Crippen molar-refractivity contribution >= 4 is 30.0 Å². The quantitative estimate of drug-likeness (QED) is 0.198. The number of nitrogens with zero attached hydrogens (tertiary/aromatic N) is 2. The van der Waals surface area contributed by atoms with Gasteiger partial charge in [-0.15, -0.1) is 12.6 Å². The topological polar surface area (TPSA) is 86.6 Å². The van der Waals surface area contributed by atoms with Gasteiger partial charge in [-0.05, 0) is 81.2 Å². The average molecular weight is 537 g/mol. The van der Waals surface area contributed by atoms with Gasteiger partial charge in [-0.25, -0.2) is 4.79 Å². The average Bonchev–Trinajstić information content (AvgIpc) is 2.90. The number of unbranched alkanes of at least 4 members (excludes halogenated alkanes) is 1. The predicted molar refractivity (Wildman–Crippen MR) is 160 cm³/mol. The minimum Gasteiger partial charge on any atom is -0.507 e. The zero-order valence-electron chi connectivity index (χ0n) is 22.9. The summed E-state index contributed by atoms with van der Waals surface area (Å²) in [6.07, 6.45) is 5.42. The summed E-state index contributed by atoms with van der Waals surface area (Å²) in [7, 11) is 0. The molecule has 2 amide bonds. The van der Waals surface area contributed by atoms with E-state index in [4.69, 9.17) is 0 Å². The fourth-order valence-electron chi connectivity index (χ4n) is 4.59. The molecule has 0 spiro atoms. The van der Waals surface area contributed by atoms with E-state index >= 15 is 0 Å². The van der Waals surface area contributed by atoms with Crippen LogP contribution in [0.25, 0.3) is 11.1 Å². The summed E-state index contributed by atoms with van der Waals surface area (Å²) in [5.41, 5.74) is 3.30. The number of carbonyl (C=O) groups is 1. The van der Waals surface area contributed by atoms with Gasteiger partial charge in [0, 0.05) is 28.8 Å². The van der Waals surface area contributed by atoms with Crippen molar-refractivity contribution in [3.05, 3.63) is 70.1 Å². The molecule has 38 heavy (non-hydrogen) atoms. The molecule has 0 unspecified atom stereocenters. The zero-order chi connectivity index (χ0) is 27.7. The van der Waals surface area contributed by atoms with Crippen LogP contribution < -0.4 is 16.2 Å². The van der Waals surface area contributed by atoms with Gasteiger partial charge in [0.25, 0.3) is 5.56 Å². The summed E-state index contributed by atoms with van der Waals surface area (Å²) < 4.78 is 1.63. The van der Waals surface area contributed by atoms with Crippen molar-refractivity contribution in [1.29, 1.82) is 0 Å². The van der Waals surface area contributed by atoms with Gasteiger partial charge < -0.3 is 25.2 Å². The predicted octanol–water partition coefficient (Wildman–Crippen LogP) is 6.54. The van der Waals surface area contributed by atoms with Crippen LogP contribution in [0.5, 0.6) is 5.75 Å². The Morgan fingerprint density at radius 2 is 1.79 bits per heavy atom. The number of aromatic nitrogens is 1. The molecule has 0 radical (unpaired) electrons. The first-order valence-electron chi connectivity index (χ1n) is 13.4. The fraction of sp³-hybridized carbons (Fsp3) is 0.400. The minimum absolute atomic E-state index is 0.0652. The number of phenolic OH excluding ortho intramolecular Hbond substituents is 1. The van der Waals surface area contributed by atoms with Gasteiger partial charge in [0.1, 0.15) is 11.4 Å². The molecule has 0 aliphatic carbocycles. The van der Waals surface area contributed by atoms with Crippen molar-refractivity contribution in [2.24, 2.45) is 0 Å². The number of aryl methyl sites for hydroxylation is 3. The number of thiol groups is 1. The molecule has 2 aromatic carbocycles. The van der Waals surface area contributed by atoms with E-state index in [9.17, 15) is 14.7 Å². The van der Waals surface area contributed by atoms with Crippen LogP contribution in [-0.2, 0) is 13.0 Å². The van der Waals surface area contributed by atoms with Crippen LogP contribution in [0.15, 0.2) is 58.4 Å². The van der Waals surface area contributed by atoms with Crippen LogP contribution in [0, 0.1) is 6.92 Å². The molecule has 0 atom stereocenters. The number of carbonyl (C=O) groups excluding carboxylic acids is 1. The van der Waals surface area contributed by atoms with Gasteiger partial charge in [-0.3, -0.25) is 4.79 Å². The molecule has 0 bridgehead atoms. The highest BCUT2D eigenvalue weighted by atomic mass is 32.1. The summed E-state index contributed by atoms with van der Waals surface area (Å²) in [6.45, 7) is 11.9. The van der Waals surface area contributed by atoms with E-state index in [0.29, 0.717) is 28.3 Å². The second kappa shape index (κ2) is 14.1. The Balaban J connectivity index is 2.00. The normalized spacial score (nSPS) is 11.1. The van der Waals surface area contributed by atoms with Crippen LogP contribution in [0.2, 0.25) is 0 Å². The van der Waals surface area contributed by atoms with Gasteiger partial charge in [0.15, 0.2) is 0 Å². The van der Waals surface area contributed by atoms with Gasteiger partial charge in [0.2, 0.25) is 0 Å². The molecule has 0 saturated carbocycles. The highest BCUT2D eigenvalue weighted by Gasteiger charge is 2.21. The van der Waals surface area contributed by atoms with E-state index in [1.807, 2.05) is 31.3 Å². The van der Waals surface area contributed by atoms with Crippen molar-refractivity contribution in [2.45, 2.75) is 64.8 Å². The van der Waals surface area contributed by atoms with Crippen molar-refractivity contribution < 1.29 is 9.90 Å². The van der Waals surface area contributed by atoms with Crippen LogP contribution >= 0.6 is 12.6 Å². The Bertz CT molecular complexity index is 1300. The third-order valence-electron chi connectivity index (χ3n) is 6.78. The molecular formula is C30H40N4O3S. The molecule has 0 aliphatic heterocycles. The summed E-state index contributed by atoms with van der Waals surface area (Å²) in [5, 5.41) is 16.5. The third kappa shape index (κ3) is 7.42. The van der Waals surface area contributed by atoms with E-state index < -0.39 is 6.03 Å². The van der Waals surface area contributed by atoms with Crippen molar-refractivity contribution in [2.75, 3.05) is 30.3 Å². The highest BCUT2D eigenvalue weighted by molar-refractivity contribution is 7.80. The zero-order valence-corrected chi connectivity index (χ0v) is 23.8. The molecule has 1 heterocycles. The molecule has 7 nitrogen and oxygen atoms in total. The van der Waals surface area contributed by atoms with Crippen molar-refractivity contribution in [3.63, 3.8) is 0 Å². The molecule has 8 heteroatoms. The highest BCUT2D eigenvalue weighted by Crippen LogP contribution is 2.36. The number of pyridine rings is 1. The first kappa shape index (κ1) is 29.3. The lowest BCUT2D eigenvalue weighted by Gasteiger charge is -2.19. The number of hydrogen-bond donors (Lipinski definition) is 4. The Kier molecular flexibility index (Phi) is 10.9. The number of phenols is 1. The first-order valence-corrected chi connectivity index (χ1v) is 13.9. The molecular weight excluding hydrogens is 496 g/mol. The van der Waals surface area contributed by atoms with Crippen LogP contribution in [0.3, 0.4) is 0 Å². The van der Waals surface area contributed by atoms with Crippen molar-refractivity contribution in [3.8, 4) is 16.9 Å². The summed E-state index contributed by atoms with van der Waals surface area (Å²) in [5.74, 6) is 0.0652. The number of amides is 2. The third-order valence-corrected chi connectivity index (χ3v) is 7.17. The molecule has 3 aromatic rings. The standard InChI is InChI=1S/C30H40N4O3S/c1-5-8-18-34-20-21(4)27(23-19-22(15-16-25(23)35)12-11-17-33(6-2)7-3)28(29(34)36)32-30(37)31-24-13-9-10-14-26(24)38/h9-10,13-16,19-20,35,38H,5-8,11-12,17-18H2,1-4H3,(H2,31,32,37). The Morgan fingerprint density at radius 1 is 1.05 bits per heavy atom. The van der Waals surface area contributed by atoms with E-state index in [0.717, 1.165) is 56.4 Å². The van der Waals surface area contributed by atoms with Gasteiger partial charge in [-0.1, -0.05) is 45.4 Å². The van der Waals surface area contributed by atoms with Crippen LogP contribution in [0.4, 0.5) is 16.2 Å². The first-order chi connectivity index (χ1) is 18.3. The maximum atomic E-state index is 13.6. The summed E-state index contributed by atoms with van der Waals surface area (Å²) in [4.78, 5) is 29.6. The van der Waals surface area contributed by atoms with Gasteiger partial charge >= 0.3 is 6.03 Å². The smallest absolute Gasteiger partial charge is 0.323 e. The lowest BCUT2D eigenvalue weighted by atomic mass is 9.96. The second-order valence-electron chi connectivity index (χ2n) is 9.49. The SMILES string of the molecule is CCCCn1cc(C)c(-c2cc(CCCN(CC)CC)ccc2O)c(NC(=O)Nc2ccccc2S)c1=O. The number of hydrogen-bond acceptors (Lipinski definition) is 5. The Labute approximate surface area is 231 Å². The minimum atomic E-state index is -0.549. The molecule has 204 valence electrons. The number of urea groups is 1. The Morgan fingerprint density at radius 3 is 2.47 bits per heavy atom. The van der Waals surface area contributed by atoms with Crippen LogP contribution in [-0.4, -0.2) is 40.2 Å². The monoisotopic (exact) mass is 536 g/mol. The molecule has 0 aliphatic rings. The van der Waals surface area contributed by atoms with E-state index in [1.54, 1.807) is 28.8 Å². The fourth-order valence-corrected chi connectivity index (χ4v) is 4.81. The number of para-hydroxylation sites is 1. The van der Waals surface area contributed by atoms with Gasteiger partial charge in [0.05, 0.1) is 5.69 Å². The van der Waals surface area contributed by atoms with E-state index in [1.165, 1.54) is 0 Å². The van der Waals surface area contributed by atoms with E-state index in [-0.39, 0.29) is 17.0 Å². The lowest BCUT2D eigenvalue weighted by molar-refractivity contribution is 0.262. The molecule has 1 aromatic heterocycles. The second-order valence-corrected chi connectivity index (χ2v) is 9.97. The number of rotatable bonds is 12. The van der Waals surface area contributed by atoms with Crippen molar-refractivity contribution in [1.82, 2.24) is 9.47 Å². The number of anilines is 2. The summed E-state index contributed by atoms with van der Waals surface area (Å²) >= 11 is 4.40. The maximum absolute atomic E-state index is 13.6. The number of nitrogens with one attached hydrogen (secondary N) is 2. The van der Waals surface area contributed by atoms with Gasteiger partial charge in [-0.2, -0.15) is 0 Å². The molecule has 3 N–H and O–H groups in total. The largest absolute Gasteiger partial charge is 0.507 e. The number of aromatic hydroxyl groups is 1. The Hall–Kier alpha value is -3.23. The molecule has 0 fully saturated rings. The maximum Gasteiger partial charge on any atom is 0.323 e. The molecule has 0 saturated heterocycles. The summed E-state index contributed by atoms with van der Waals surface area (Å²) in [6, 6.07) is 12.1. The van der Waals surface area contributed by atoms with Crippen LogP contribution in [0.1, 0.15) is 51.2 Å². The molecule has 3 rings (SSSR count). The number of benzene rings is 2. The van der Waals surface area contributed by atoms with E-state index in [2.05, 4.69) is 48.9 Å².